The zero-order chi connectivity index (χ0) is 20.6. The average molecular weight is 400 g/mol. The summed E-state index contributed by atoms with van der Waals surface area (Å²) in [6.45, 7) is 8.44. The number of rotatable bonds is 7. The molecule has 158 valence electrons. The van der Waals surface area contributed by atoms with Gasteiger partial charge in [0.25, 0.3) is 0 Å². The van der Waals surface area contributed by atoms with Gasteiger partial charge >= 0.3 is 0 Å². The van der Waals surface area contributed by atoms with Crippen LogP contribution in [-0.4, -0.2) is 59.8 Å². The molecule has 2 aliphatic heterocycles. The first-order chi connectivity index (χ1) is 14.1. The fourth-order valence-corrected chi connectivity index (χ4v) is 3.85. The fourth-order valence-electron chi connectivity index (χ4n) is 3.85. The highest BCUT2D eigenvalue weighted by atomic mass is 16.2. The number of amides is 2. The molecule has 0 aliphatic carbocycles. The minimum absolute atomic E-state index is 0.215. The Kier molecular flexibility index (Phi) is 7.49. The number of carbonyl (C=O) groups is 2. The summed E-state index contributed by atoms with van der Waals surface area (Å²) < 4.78 is 0. The van der Waals surface area contributed by atoms with Crippen LogP contribution in [0, 0.1) is 0 Å². The molecular weight excluding hydrogens is 366 g/mol. The number of hydrogen-bond acceptors (Lipinski definition) is 3. The summed E-state index contributed by atoms with van der Waals surface area (Å²) in [6.07, 6.45) is 3.15. The van der Waals surface area contributed by atoms with Crippen LogP contribution in [0.25, 0.3) is 0 Å². The highest BCUT2D eigenvalue weighted by Gasteiger charge is 2.25. The van der Waals surface area contributed by atoms with Gasteiger partial charge in [0.1, 0.15) is 0 Å². The molecule has 1 aromatic carbocycles. The molecule has 0 saturated carbocycles. The first-order valence-corrected chi connectivity index (χ1v) is 10.8. The van der Waals surface area contributed by atoms with E-state index < -0.39 is 0 Å². The summed E-state index contributed by atoms with van der Waals surface area (Å²) in [4.78, 5) is 32.2. The molecule has 2 saturated heterocycles. The van der Waals surface area contributed by atoms with Crippen molar-refractivity contribution in [2.75, 3.05) is 26.2 Å². The fraction of sp³-hybridized carbons (Fsp3) is 0.591. The van der Waals surface area contributed by atoms with Crippen molar-refractivity contribution in [3.05, 3.63) is 35.4 Å². The number of aliphatic imine (C=N–C) groups is 1. The van der Waals surface area contributed by atoms with E-state index >= 15 is 0 Å². The van der Waals surface area contributed by atoms with Gasteiger partial charge in [0.15, 0.2) is 5.96 Å². The maximum Gasteiger partial charge on any atom is 0.222 e. The number of nitrogens with zero attached hydrogens (tertiary/aromatic N) is 3. The van der Waals surface area contributed by atoms with Gasteiger partial charge in [-0.3, -0.25) is 9.59 Å². The normalized spacial score (nSPS) is 19.7. The largest absolute Gasteiger partial charge is 0.357 e. The van der Waals surface area contributed by atoms with Crippen molar-refractivity contribution in [1.82, 2.24) is 20.4 Å². The van der Waals surface area contributed by atoms with E-state index in [4.69, 9.17) is 4.99 Å². The smallest absolute Gasteiger partial charge is 0.222 e. The Morgan fingerprint density at radius 1 is 1.17 bits per heavy atom. The third kappa shape index (κ3) is 5.95. The van der Waals surface area contributed by atoms with Crippen molar-refractivity contribution in [2.24, 2.45) is 4.99 Å². The van der Waals surface area contributed by atoms with Gasteiger partial charge in [0.05, 0.1) is 6.54 Å². The Labute approximate surface area is 173 Å². The quantitative estimate of drug-likeness (QED) is 0.542. The standard InChI is InChI=1S/C22H33N5O2/c1-3-20(28)27-13-11-19(16-27)25-22(23-4-2)24-14-17-7-9-18(10-8-17)15-26-12-5-6-21(26)29/h7-10,19H,3-6,11-16H2,1-2H3,(H2,23,24,25). The van der Waals surface area contributed by atoms with Gasteiger partial charge in [-0.2, -0.15) is 0 Å². The molecule has 2 heterocycles. The van der Waals surface area contributed by atoms with E-state index in [0.717, 1.165) is 56.1 Å². The van der Waals surface area contributed by atoms with Crippen molar-refractivity contribution in [3.8, 4) is 0 Å². The number of benzene rings is 1. The highest BCUT2D eigenvalue weighted by Crippen LogP contribution is 2.15. The molecule has 0 aromatic heterocycles. The topological polar surface area (TPSA) is 77.0 Å². The highest BCUT2D eigenvalue weighted by molar-refractivity contribution is 5.80. The van der Waals surface area contributed by atoms with Crippen LogP contribution in [0.2, 0.25) is 0 Å². The SMILES string of the molecule is CCNC(=NCc1ccc(CN2CCCC2=O)cc1)NC1CCN(C(=O)CC)C1. The summed E-state index contributed by atoms with van der Waals surface area (Å²) in [6, 6.07) is 8.58. The predicted molar refractivity (Wildman–Crippen MR) is 114 cm³/mol. The summed E-state index contributed by atoms with van der Waals surface area (Å²) >= 11 is 0. The Hall–Kier alpha value is -2.57. The van der Waals surface area contributed by atoms with Crippen molar-refractivity contribution < 1.29 is 9.59 Å². The monoisotopic (exact) mass is 399 g/mol. The first-order valence-electron chi connectivity index (χ1n) is 10.8. The van der Waals surface area contributed by atoms with E-state index in [2.05, 4.69) is 34.9 Å². The van der Waals surface area contributed by atoms with Crippen LogP contribution in [0.5, 0.6) is 0 Å². The Balaban J connectivity index is 1.53. The molecule has 0 radical (unpaired) electrons. The maximum absolute atomic E-state index is 11.9. The molecule has 2 amide bonds. The zero-order valence-electron chi connectivity index (χ0n) is 17.6. The lowest BCUT2D eigenvalue weighted by atomic mass is 10.1. The summed E-state index contributed by atoms with van der Waals surface area (Å²) in [7, 11) is 0. The molecular formula is C22H33N5O2. The number of hydrogen-bond donors (Lipinski definition) is 2. The van der Waals surface area contributed by atoms with E-state index in [0.29, 0.717) is 25.9 Å². The lowest BCUT2D eigenvalue weighted by Gasteiger charge is -2.18. The van der Waals surface area contributed by atoms with E-state index in [1.807, 2.05) is 23.6 Å². The minimum atomic E-state index is 0.215. The molecule has 0 spiro atoms. The summed E-state index contributed by atoms with van der Waals surface area (Å²) in [5.74, 6) is 1.26. The molecule has 1 unspecified atom stereocenters. The number of nitrogens with one attached hydrogen (secondary N) is 2. The van der Waals surface area contributed by atoms with Crippen molar-refractivity contribution in [1.29, 1.82) is 0 Å². The number of guanidine groups is 1. The van der Waals surface area contributed by atoms with E-state index in [-0.39, 0.29) is 17.9 Å². The van der Waals surface area contributed by atoms with Crippen LogP contribution in [-0.2, 0) is 22.7 Å². The molecule has 1 aromatic rings. The van der Waals surface area contributed by atoms with Gasteiger partial charge in [0, 0.05) is 51.6 Å². The molecule has 7 heteroatoms. The van der Waals surface area contributed by atoms with E-state index in [1.54, 1.807) is 0 Å². The molecule has 2 fully saturated rings. The molecule has 2 aliphatic rings. The van der Waals surface area contributed by atoms with Crippen LogP contribution < -0.4 is 10.6 Å². The molecule has 3 rings (SSSR count). The van der Waals surface area contributed by atoms with Crippen LogP contribution in [0.3, 0.4) is 0 Å². The van der Waals surface area contributed by atoms with Crippen LogP contribution in [0.4, 0.5) is 0 Å². The Bertz CT molecular complexity index is 731. The van der Waals surface area contributed by atoms with E-state index in [1.165, 1.54) is 0 Å². The van der Waals surface area contributed by atoms with Gasteiger partial charge in [-0.05, 0) is 30.9 Å². The Morgan fingerprint density at radius 2 is 1.93 bits per heavy atom. The van der Waals surface area contributed by atoms with Crippen molar-refractivity contribution in [2.45, 2.75) is 58.7 Å². The number of carbonyl (C=O) groups excluding carboxylic acids is 2. The van der Waals surface area contributed by atoms with Crippen molar-refractivity contribution >= 4 is 17.8 Å². The van der Waals surface area contributed by atoms with Gasteiger partial charge < -0.3 is 20.4 Å². The molecule has 7 nitrogen and oxygen atoms in total. The van der Waals surface area contributed by atoms with Crippen LogP contribution in [0.1, 0.15) is 50.7 Å². The Morgan fingerprint density at radius 3 is 2.59 bits per heavy atom. The summed E-state index contributed by atoms with van der Waals surface area (Å²) in [5.41, 5.74) is 2.29. The van der Waals surface area contributed by atoms with Crippen molar-refractivity contribution in [3.63, 3.8) is 0 Å². The third-order valence-corrected chi connectivity index (χ3v) is 5.52. The summed E-state index contributed by atoms with van der Waals surface area (Å²) in [5, 5.41) is 6.75. The lowest BCUT2D eigenvalue weighted by Crippen LogP contribution is -2.45. The average Bonchev–Trinajstić information content (AvgIpc) is 3.36. The third-order valence-electron chi connectivity index (χ3n) is 5.52. The molecule has 2 N–H and O–H groups in total. The maximum atomic E-state index is 11.9. The van der Waals surface area contributed by atoms with Gasteiger partial charge in [-0.25, -0.2) is 4.99 Å². The van der Waals surface area contributed by atoms with Gasteiger partial charge in [0.2, 0.25) is 11.8 Å². The first kappa shape index (κ1) is 21.1. The minimum Gasteiger partial charge on any atom is -0.357 e. The second kappa shape index (κ2) is 10.3. The van der Waals surface area contributed by atoms with E-state index in [9.17, 15) is 9.59 Å². The predicted octanol–water partition coefficient (Wildman–Crippen LogP) is 1.87. The molecule has 1 atom stereocenters. The molecule has 0 bridgehead atoms. The van der Waals surface area contributed by atoms with Crippen LogP contribution >= 0.6 is 0 Å². The van der Waals surface area contributed by atoms with Gasteiger partial charge in [-0.15, -0.1) is 0 Å². The second-order valence-corrected chi connectivity index (χ2v) is 7.75. The zero-order valence-corrected chi connectivity index (χ0v) is 17.6. The lowest BCUT2D eigenvalue weighted by molar-refractivity contribution is -0.130. The number of likely N-dealkylation sites (tertiary alicyclic amines) is 2. The van der Waals surface area contributed by atoms with Gasteiger partial charge in [-0.1, -0.05) is 31.2 Å². The second-order valence-electron chi connectivity index (χ2n) is 7.75. The molecule has 29 heavy (non-hydrogen) atoms. The van der Waals surface area contributed by atoms with Crippen LogP contribution in [0.15, 0.2) is 29.3 Å².